The van der Waals surface area contributed by atoms with Crippen LogP contribution in [0.3, 0.4) is 0 Å². The number of rotatable bonds is 4. The molecule has 2 rings (SSSR count). The zero-order valence-electron chi connectivity index (χ0n) is 13.0. The molecule has 0 amide bonds. The van der Waals surface area contributed by atoms with Crippen molar-refractivity contribution in [1.29, 1.82) is 0 Å². The maximum atomic E-state index is 5.29. The van der Waals surface area contributed by atoms with Gasteiger partial charge in [0.25, 0.3) is 0 Å². The highest BCUT2D eigenvalue weighted by molar-refractivity contribution is 9.10. The zero-order chi connectivity index (χ0) is 15.6. The second-order valence-electron chi connectivity index (χ2n) is 5.94. The van der Waals surface area contributed by atoms with Gasteiger partial charge in [0, 0.05) is 10.8 Å². The Balaban J connectivity index is 2.35. The van der Waals surface area contributed by atoms with Crippen LogP contribution in [0, 0.1) is 0 Å². The van der Waals surface area contributed by atoms with E-state index in [9.17, 15) is 0 Å². The van der Waals surface area contributed by atoms with Crippen LogP contribution in [0.4, 0.5) is 0 Å². The van der Waals surface area contributed by atoms with Crippen LogP contribution < -0.4 is 10.1 Å². The molecule has 0 aliphatic rings. The van der Waals surface area contributed by atoms with Gasteiger partial charge in [-0.2, -0.15) is 0 Å². The molecule has 1 N–H and O–H groups in total. The fourth-order valence-corrected chi connectivity index (χ4v) is 3.80. The van der Waals surface area contributed by atoms with Gasteiger partial charge in [-0.15, -0.1) is 11.3 Å². The Labute approximate surface area is 138 Å². The number of ether oxygens (including phenoxy) is 1. The van der Waals surface area contributed by atoms with Gasteiger partial charge >= 0.3 is 0 Å². The van der Waals surface area contributed by atoms with Gasteiger partial charge in [0.1, 0.15) is 10.8 Å². The first-order valence-corrected chi connectivity index (χ1v) is 8.50. The SMILES string of the molecule is CNC(c1ccc(OC)c(Br)c1)c1nc(C(C)(C)C)cs1. The Hall–Kier alpha value is -0.910. The van der Waals surface area contributed by atoms with Crippen molar-refractivity contribution in [1.82, 2.24) is 10.3 Å². The summed E-state index contributed by atoms with van der Waals surface area (Å²) >= 11 is 5.24. The molecule has 21 heavy (non-hydrogen) atoms. The summed E-state index contributed by atoms with van der Waals surface area (Å²) < 4.78 is 6.24. The van der Waals surface area contributed by atoms with Crippen LogP contribution in [0.25, 0.3) is 0 Å². The smallest absolute Gasteiger partial charge is 0.133 e. The Morgan fingerprint density at radius 3 is 2.52 bits per heavy atom. The predicted octanol–water partition coefficient (Wildman–Crippen LogP) is 4.52. The van der Waals surface area contributed by atoms with E-state index in [1.165, 1.54) is 5.56 Å². The third-order valence-corrected chi connectivity index (χ3v) is 4.86. The van der Waals surface area contributed by atoms with Gasteiger partial charge in [0.05, 0.1) is 23.3 Å². The van der Waals surface area contributed by atoms with Crippen molar-refractivity contribution in [2.75, 3.05) is 14.2 Å². The van der Waals surface area contributed by atoms with E-state index in [1.807, 2.05) is 13.1 Å². The number of aromatic nitrogens is 1. The van der Waals surface area contributed by atoms with E-state index in [4.69, 9.17) is 9.72 Å². The molecule has 1 aromatic heterocycles. The highest BCUT2D eigenvalue weighted by Crippen LogP contribution is 2.33. The number of benzene rings is 1. The lowest BCUT2D eigenvalue weighted by Crippen LogP contribution is -2.18. The van der Waals surface area contributed by atoms with E-state index in [2.05, 4.69) is 59.5 Å². The fraction of sp³-hybridized carbons (Fsp3) is 0.438. The Kier molecular flexibility index (Phi) is 5.07. The third kappa shape index (κ3) is 3.65. The van der Waals surface area contributed by atoms with Crippen molar-refractivity contribution >= 4 is 27.3 Å². The van der Waals surface area contributed by atoms with Gasteiger partial charge in [0.2, 0.25) is 0 Å². The lowest BCUT2D eigenvalue weighted by molar-refractivity contribution is 0.412. The molecule has 2 aromatic rings. The van der Waals surface area contributed by atoms with Gasteiger partial charge in [-0.3, -0.25) is 0 Å². The number of nitrogens with one attached hydrogen (secondary N) is 1. The molecule has 0 aliphatic carbocycles. The standard InChI is InChI=1S/C16H21BrN2OS/c1-16(2,3)13-9-21-15(19-13)14(18-4)10-6-7-12(20-5)11(17)8-10/h6-9,14,18H,1-5H3. The summed E-state index contributed by atoms with van der Waals surface area (Å²) in [6, 6.07) is 6.22. The van der Waals surface area contributed by atoms with E-state index >= 15 is 0 Å². The lowest BCUT2D eigenvalue weighted by Gasteiger charge is -2.17. The molecule has 1 aromatic carbocycles. The van der Waals surface area contributed by atoms with Gasteiger partial charge in [-0.1, -0.05) is 26.8 Å². The molecule has 0 aliphatic heterocycles. The largest absolute Gasteiger partial charge is 0.496 e. The molecule has 1 atom stereocenters. The van der Waals surface area contributed by atoms with Crippen LogP contribution in [0.2, 0.25) is 0 Å². The average Bonchev–Trinajstić information content (AvgIpc) is 2.89. The molecule has 1 heterocycles. The molecule has 114 valence electrons. The summed E-state index contributed by atoms with van der Waals surface area (Å²) in [7, 11) is 3.63. The van der Waals surface area contributed by atoms with Crippen molar-refractivity contribution < 1.29 is 4.74 Å². The maximum Gasteiger partial charge on any atom is 0.133 e. The monoisotopic (exact) mass is 368 g/mol. The Morgan fingerprint density at radius 2 is 2.05 bits per heavy atom. The highest BCUT2D eigenvalue weighted by Gasteiger charge is 2.22. The molecular weight excluding hydrogens is 348 g/mol. The zero-order valence-corrected chi connectivity index (χ0v) is 15.4. The molecule has 0 spiro atoms. The number of nitrogens with zero attached hydrogens (tertiary/aromatic N) is 1. The van der Waals surface area contributed by atoms with Crippen LogP contribution in [0.1, 0.15) is 43.1 Å². The van der Waals surface area contributed by atoms with E-state index < -0.39 is 0 Å². The van der Waals surface area contributed by atoms with Crippen molar-refractivity contribution in [3.05, 3.63) is 44.3 Å². The van der Waals surface area contributed by atoms with Crippen LogP contribution in [-0.2, 0) is 5.41 Å². The summed E-state index contributed by atoms with van der Waals surface area (Å²) in [5.41, 5.74) is 2.38. The molecule has 0 fully saturated rings. The maximum absolute atomic E-state index is 5.29. The Bertz CT molecular complexity index is 619. The third-order valence-electron chi connectivity index (χ3n) is 3.34. The van der Waals surface area contributed by atoms with E-state index in [1.54, 1.807) is 18.4 Å². The van der Waals surface area contributed by atoms with E-state index in [-0.39, 0.29) is 11.5 Å². The molecule has 0 saturated heterocycles. The molecule has 1 unspecified atom stereocenters. The number of halogens is 1. The second kappa shape index (κ2) is 6.46. The molecule has 3 nitrogen and oxygen atoms in total. The van der Waals surface area contributed by atoms with Crippen LogP contribution in [0.5, 0.6) is 5.75 Å². The Morgan fingerprint density at radius 1 is 1.33 bits per heavy atom. The quantitative estimate of drug-likeness (QED) is 0.861. The number of hydrogen-bond donors (Lipinski definition) is 1. The fourth-order valence-electron chi connectivity index (χ4n) is 2.06. The minimum absolute atomic E-state index is 0.0769. The lowest BCUT2D eigenvalue weighted by atomic mass is 9.93. The number of methoxy groups -OCH3 is 1. The topological polar surface area (TPSA) is 34.1 Å². The van der Waals surface area contributed by atoms with Gasteiger partial charge in [0.15, 0.2) is 0 Å². The molecule has 5 heteroatoms. The molecular formula is C16H21BrN2OS. The van der Waals surface area contributed by atoms with Gasteiger partial charge in [-0.25, -0.2) is 4.98 Å². The summed E-state index contributed by atoms with van der Waals surface area (Å²) in [5, 5.41) is 6.58. The molecule has 0 saturated carbocycles. The van der Waals surface area contributed by atoms with E-state index in [0.29, 0.717) is 0 Å². The minimum atomic E-state index is 0.0769. The number of hydrogen-bond acceptors (Lipinski definition) is 4. The summed E-state index contributed by atoms with van der Waals surface area (Å²) in [4.78, 5) is 4.81. The van der Waals surface area contributed by atoms with Gasteiger partial charge < -0.3 is 10.1 Å². The molecule has 0 radical (unpaired) electrons. The van der Waals surface area contributed by atoms with Crippen molar-refractivity contribution in [2.24, 2.45) is 0 Å². The highest BCUT2D eigenvalue weighted by atomic mass is 79.9. The average molecular weight is 369 g/mol. The summed E-state index contributed by atoms with van der Waals surface area (Å²) in [6.07, 6.45) is 0. The van der Waals surface area contributed by atoms with Crippen molar-refractivity contribution in [3.8, 4) is 5.75 Å². The van der Waals surface area contributed by atoms with Gasteiger partial charge in [-0.05, 0) is 40.7 Å². The second-order valence-corrected chi connectivity index (χ2v) is 7.68. The van der Waals surface area contributed by atoms with E-state index in [0.717, 1.165) is 20.9 Å². The normalized spacial score (nSPS) is 13.2. The predicted molar refractivity (Wildman–Crippen MR) is 92.4 cm³/mol. The number of thiazole rings is 1. The first-order chi connectivity index (χ1) is 9.86. The summed E-state index contributed by atoms with van der Waals surface area (Å²) in [6.45, 7) is 6.55. The minimum Gasteiger partial charge on any atom is -0.496 e. The van der Waals surface area contributed by atoms with Crippen molar-refractivity contribution in [3.63, 3.8) is 0 Å². The van der Waals surface area contributed by atoms with Crippen LogP contribution >= 0.6 is 27.3 Å². The molecule has 0 bridgehead atoms. The summed E-state index contributed by atoms with van der Waals surface area (Å²) in [5.74, 6) is 0.836. The van der Waals surface area contributed by atoms with Crippen LogP contribution in [0.15, 0.2) is 28.1 Å². The van der Waals surface area contributed by atoms with Crippen LogP contribution in [-0.4, -0.2) is 19.1 Å². The van der Waals surface area contributed by atoms with Crippen molar-refractivity contribution in [2.45, 2.75) is 32.2 Å². The first kappa shape index (κ1) is 16.5. The first-order valence-electron chi connectivity index (χ1n) is 6.83.